The Morgan fingerprint density at radius 2 is 1.77 bits per heavy atom. The maximum Gasteiger partial charge on any atom is 0.339 e. The first kappa shape index (κ1) is 20.5. The van der Waals surface area contributed by atoms with Crippen LogP contribution in [0.3, 0.4) is 0 Å². The highest BCUT2D eigenvalue weighted by Crippen LogP contribution is 2.61. The number of carbonyl (C=O) groups excluding carboxylic acids is 2. The van der Waals surface area contributed by atoms with Crippen molar-refractivity contribution in [1.29, 1.82) is 5.26 Å². The van der Waals surface area contributed by atoms with E-state index in [-0.39, 0.29) is 22.6 Å². The summed E-state index contributed by atoms with van der Waals surface area (Å²) in [6.07, 6.45) is 9.44. The minimum Gasteiger partial charge on any atom is -0.465 e. The molecule has 1 atom stereocenters. The Hall–Kier alpha value is -2.81. The molecule has 5 rings (SSSR count). The predicted octanol–water partition coefficient (Wildman–Crippen LogP) is 4.01. The molecular formula is C24H29N3O3. The SMILES string of the molecule is COC(=O)c1ccccc1NC(=O)/C(C#N)=C\NC(C)C12CC3CC(CC(C3)C1)C2. The lowest BCUT2D eigenvalue weighted by Gasteiger charge is -2.59. The lowest BCUT2D eigenvalue weighted by molar-refractivity contribution is -0.112. The number of nitrogens with zero attached hydrogens (tertiary/aromatic N) is 1. The quantitative estimate of drug-likeness (QED) is 0.422. The zero-order valence-corrected chi connectivity index (χ0v) is 17.6. The van der Waals surface area contributed by atoms with Crippen LogP contribution in [0.1, 0.15) is 55.8 Å². The van der Waals surface area contributed by atoms with Gasteiger partial charge in [0.05, 0.1) is 18.4 Å². The number of nitrogens with one attached hydrogen (secondary N) is 2. The summed E-state index contributed by atoms with van der Waals surface area (Å²) in [5.41, 5.74) is 0.844. The highest BCUT2D eigenvalue weighted by Gasteiger charge is 2.53. The summed E-state index contributed by atoms with van der Waals surface area (Å²) in [6.45, 7) is 2.18. The molecule has 0 heterocycles. The van der Waals surface area contributed by atoms with Gasteiger partial charge in [-0.25, -0.2) is 4.79 Å². The van der Waals surface area contributed by atoms with Gasteiger partial charge in [0.15, 0.2) is 0 Å². The number of para-hydroxylation sites is 1. The topological polar surface area (TPSA) is 91.2 Å². The van der Waals surface area contributed by atoms with Crippen LogP contribution in [-0.4, -0.2) is 25.0 Å². The minimum atomic E-state index is -0.543. The molecule has 1 amide bonds. The largest absolute Gasteiger partial charge is 0.465 e. The van der Waals surface area contributed by atoms with E-state index in [4.69, 9.17) is 4.74 Å². The number of esters is 1. The van der Waals surface area contributed by atoms with E-state index in [9.17, 15) is 14.9 Å². The Bertz CT molecular complexity index is 879. The van der Waals surface area contributed by atoms with Crippen LogP contribution < -0.4 is 10.6 Å². The van der Waals surface area contributed by atoms with E-state index < -0.39 is 11.9 Å². The van der Waals surface area contributed by atoms with Crippen LogP contribution in [0.5, 0.6) is 0 Å². The van der Waals surface area contributed by atoms with Crippen molar-refractivity contribution >= 4 is 17.6 Å². The van der Waals surface area contributed by atoms with Gasteiger partial charge in [-0.3, -0.25) is 4.79 Å². The number of hydrogen-bond donors (Lipinski definition) is 2. The van der Waals surface area contributed by atoms with Crippen molar-refractivity contribution in [3.63, 3.8) is 0 Å². The summed E-state index contributed by atoms with van der Waals surface area (Å²) in [5, 5.41) is 15.6. The van der Waals surface area contributed by atoms with Gasteiger partial charge in [-0.1, -0.05) is 12.1 Å². The monoisotopic (exact) mass is 407 g/mol. The van der Waals surface area contributed by atoms with Gasteiger partial charge in [0.25, 0.3) is 5.91 Å². The molecule has 1 aromatic carbocycles. The molecule has 6 nitrogen and oxygen atoms in total. The number of benzene rings is 1. The van der Waals surface area contributed by atoms with Crippen molar-refractivity contribution in [3.05, 3.63) is 41.6 Å². The summed E-state index contributed by atoms with van der Waals surface area (Å²) in [5.74, 6) is 1.45. The first-order valence-corrected chi connectivity index (χ1v) is 10.8. The van der Waals surface area contributed by atoms with Gasteiger partial charge in [-0.05, 0) is 80.8 Å². The molecule has 0 spiro atoms. The smallest absolute Gasteiger partial charge is 0.339 e. The Morgan fingerprint density at radius 3 is 2.33 bits per heavy atom. The van der Waals surface area contributed by atoms with Crippen LogP contribution in [-0.2, 0) is 9.53 Å². The minimum absolute atomic E-state index is 0.00810. The number of hydrogen-bond acceptors (Lipinski definition) is 5. The zero-order chi connectivity index (χ0) is 21.3. The number of ether oxygens (including phenoxy) is 1. The maximum absolute atomic E-state index is 12.7. The van der Waals surface area contributed by atoms with Gasteiger partial charge in [0.1, 0.15) is 11.6 Å². The lowest BCUT2D eigenvalue weighted by atomic mass is 9.48. The van der Waals surface area contributed by atoms with E-state index in [1.165, 1.54) is 45.6 Å². The number of carbonyl (C=O) groups is 2. The number of anilines is 1. The van der Waals surface area contributed by atoms with Crippen molar-refractivity contribution < 1.29 is 14.3 Å². The fourth-order valence-electron chi connectivity index (χ4n) is 6.31. The lowest BCUT2D eigenvalue weighted by Crippen LogP contribution is -2.54. The molecule has 4 aliphatic carbocycles. The number of methoxy groups -OCH3 is 1. The Balaban J connectivity index is 1.45. The first-order chi connectivity index (χ1) is 14.4. The van der Waals surface area contributed by atoms with Crippen molar-refractivity contribution in [2.45, 2.75) is 51.5 Å². The molecule has 2 N–H and O–H groups in total. The van der Waals surface area contributed by atoms with Gasteiger partial charge >= 0.3 is 5.97 Å². The van der Waals surface area contributed by atoms with Gasteiger partial charge in [0, 0.05) is 12.2 Å². The summed E-state index contributed by atoms with van der Waals surface area (Å²) in [4.78, 5) is 24.6. The molecule has 0 aromatic heterocycles. The highest BCUT2D eigenvalue weighted by atomic mass is 16.5. The summed E-state index contributed by atoms with van der Waals surface area (Å²) in [6, 6.07) is 8.79. The van der Waals surface area contributed by atoms with E-state index in [1.54, 1.807) is 30.5 Å². The Morgan fingerprint density at radius 1 is 1.17 bits per heavy atom. The molecule has 4 aliphatic rings. The van der Waals surface area contributed by atoms with E-state index in [1.807, 2.05) is 6.07 Å². The molecule has 0 radical (unpaired) electrons. The van der Waals surface area contributed by atoms with Gasteiger partial charge in [-0.2, -0.15) is 5.26 Å². The standard InChI is InChI=1S/C24H29N3O3/c1-15(24-10-16-7-17(11-24)9-18(8-16)12-24)26-14-19(13-25)22(28)27-21-6-4-3-5-20(21)23(29)30-2/h3-6,14-18,26H,7-12H2,1-2H3,(H,27,28)/b19-14-. The second kappa shape index (κ2) is 8.14. The van der Waals surface area contributed by atoms with Crippen molar-refractivity contribution in [1.82, 2.24) is 5.32 Å². The summed E-state index contributed by atoms with van der Waals surface area (Å²) in [7, 11) is 1.29. The van der Waals surface area contributed by atoms with Crippen LogP contribution >= 0.6 is 0 Å². The predicted molar refractivity (Wildman–Crippen MR) is 113 cm³/mol. The third kappa shape index (κ3) is 3.81. The van der Waals surface area contributed by atoms with E-state index in [2.05, 4.69) is 17.6 Å². The summed E-state index contributed by atoms with van der Waals surface area (Å²) < 4.78 is 4.76. The molecule has 0 aliphatic heterocycles. The van der Waals surface area contributed by atoms with Gasteiger partial charge in [-0.15, -0.1) is 0 Å². The maximum atomic E-state index is 12.7. The van der Waals surface area contributed by atoms with Crippen molar-refractivity contribution in [2.24, 2.45) is 23.2 Å². The zero-order valence-electron chi connectivity index (χ0n) is 17.6. The molecule has 158 valence electrons. The van der Waals surface area contributed by atoms with Crippen LogP contribution in [0, 0.1) is 34.5 Å². The van der Waals surface area contributed by atoms with Crippen LogP contribution in [0.25, 0.3) is 0 Å². The summed E-state index contributed by atoms with van der Waals surface area (Å²) >= 11 is 0. The molecule has 0 saturated heterocycles. The molecule has 6 heteroatoms. The second-order valence-corrected chi connectivity index (χ2v) is 9.33. The van der Waals surface area contributed by atoms with E-state index in [0.717, 1.165) is 17.8 Å². The molecule has 4 fully saturated rings. The van der Waals surface area contributed by atoms with Crippen LogP contribution in [0.15, 0.2) is 36.0 Å². The van der Waals surface area contributed by atoms with Crippen LogP contribution in [0.4, 0.5) is 5.69 Å². The Labute approximate surface area is 177 Å². The average Bonchev–Trinajstić information content (AvgIpc) is 2.73. The van der Waals surface area contributed by atoms with Gasteiger partial charge < -0.3 is 15.4 Å². The fraction of sp³-hybridized carbons (Fsp3) is 0.542. The molecule has 30 heavy (non-hydrogen) atoms. The number of rotatable bonds is 6. The van der Waals surface area contributed by atoms with E-state index >= 15 is 0 Å². The van der Waals surface area contributed by atoms with Crippen LogP contribution in [0.2, 0.25) is 0 Å². The van der Waals surface area contributed by atoms with E-state index in [0.29, 0.717) is 5.69 Å². The van der Waals surface area contributed by atoms with Gasteiger partial charge in [0.2, 0.25) is 0 Å². The molecule has 4 saturated carbocycles. The normalized spacial score (nSPS) is 30.3. The molecular weight excluding hydrogens is 378 g/mol. The Kier molecular flexibility index (Phi) is 5.55. The number of amides is 1. The second-order valence-electron chi connectivity index (χ2n) is 9.33. The third-order valence-corrected chi connectivity index (χ3v) is 7.43. The number of nitriles is 1. The molecule has 4 bridgehead atoms. The average molecular weight is 408 g/mol. The van der Waals surface area contributed by atoms with Crippen molar-refractivity contribution in [3.8, 4) is 6.07 Å². The first-order valence-electron chi connectivity index (χ1n) is 10.8. The highest BCUT2D eigenvalue weighted by molar-refractivity contribution is 6.09. The molecule has 1 aromatic rings. The third-order valence-electron chi connectivity index (χ3n) is 7.43. The fourth-order valence-corrected chi connectivity index (χ4v) is 6.31. The molecule has 1 unspecified atom stereocenters. The van der Waals surface area contributed by atoms with Crippen molar-refractivity contribution in [2.75, 3.05) is 12.4 Å².